The lowest BCUT2D eigenvalue weighted by molar-refractivity contribution is 0.102. The maximum Gasteiger partial charge on any atom is 0.0469 e. The summed E-state index contributed by atoms with van der Waals surface area (Å²) in [5.41, 5.74) is 0. The van der Waals surface area contributed by atoms with E-state index in [0.717, 1.165) is 37.5 Å². The van der Waals surface area contributed by atoms with Gasteiger partial charge in [-0.2, -0.15) is 0 Å². The highest BCUT2D eigenvalue weighted by Gasteiger charge is 2.23. The molecule has 102 valence electrons. The molecule has 2 heteroatoms. The molecule has 1 fully saturated rings. The Morgan fingerprint density at radius 1 is 1.12 bits per heavy atom. The van der Waals surface area contributed by atoms with Gasteiger partial charge in [0, 0.05) is 13.2 Å². The van der Waals surface area contributed by atoms with Crippen LogP contribution in [0.3, 0.4) is 0 Å². The third-order valence-electron chi connectivity index (χ3n) is 4.01. The van der Waals surface area contributed by atoms with E-state index in [1.165, 1.54) is 38.5 Å². The first-order valence-corrected chi connectivity index (χ1v) is 7.46. The smallest absolute Gasteiger partial charge is 0.0469 e. The quantitative estimate of drug-likeness (QED) is 0.624. The van der Waals surface area contributed by atoms with Crippen molar-refractivity contribution >= 4 is 0 Å². The predicted octanol–water partition coefficient (Wildman–Crippen LogP) is 3.47. The lowest BCUT2D eigenvalue weighted by atomic mass is 9.88. The second kappa shape index (κ2) is 8.93. The lowest BCUT2D eigenvalue weighted by Crippen LogP contribution is -2.26. The van der Waals surface area contributed by atoms with Crippen molar-refractivity contribution in [3.05, 3.63) is 0 Å². The number of hydrogen-bond donors (Lipinski definition) is 1. The molecule has 1 atom stereocenters. The molecular formula is C15H31NO. The number of hydrogen-bond acceptors (Lipinski definition) is 2. The van der Waals surface area contributed by atoms with Crippen molar-refractivity contribution in [3.63, 3.8) is 0 Å². The summed E-state index contributed by atoms with van der Waals surface area (Å²) in [6.07, 6.45) is 8.21. The second-order valence-corrected chi connectivity index (χ2v) is 5.95. The van der Waals surface area contributed by atoms with Gasteiger partial charge in [0.2, 0.25) is 0 Å². The van der Waals surface area contributed by atoms with Crippen LogP contribution in [0.4, 0.5) is 0 Å². The van der Waals surface area contributed by atoms with E-state index in [1.807, 2.05) is 0 Å². The van der Waals surface area contributed by atoms with Crippen LogP contribution in [0.1, 0.15) is 52.4 Å². The average Bonchev–Trinajstić information content (AvgIpc) is 2.80. The third-order valence-corrected chi connectivity index (χ3v) is 4.01. The molecule has 0 heterocycles. The van der Waals surface area contributed by atoms with Crippen molar-refractivity contribution in [3.8, 4) is 0 Å². The summed E-state index contributed by atoms with van der Waals surface area (Å²) in [4.78, 5) is 0. The molecule has 0 bridgehead atoms. The van der Waals surface area contributed by atoms with Crippen molar-refractivity contribution in [2.45, 2.75) is 52.4 Å². The van der Waals surface area contributed by atoms with E-state index in [0.29, 0.717) is 0 Å². The SMILES string of the molecule is CNCC(CCOCCC(C)C)C1CCCC1. The molecule has 1 N–H and O–H groups in total. The van der Waals surface area contributed by atoms with Gasteiger partial charge in [0.15, 0.2) is 0 Å². The van der Waals surface area contributed by atoms with Crippen LogP contribution in [0.2, 0.25) is 0 Å². The first kappa shape index (κ1) is 15.0. The number of rotatable bonds is 9. The van der Waals surface area contributed by atoms with E-state index in [4.69, 9.17) is 4.74 Å². The predicted molar refractivity (Wildman–Crippen MR) is 74.3 cm³/mol. The highest BCUT2D eigenvalue weighted by molar-refractivity contribution is 4.76. The minimum absolute atomic E-state index is 0.762. The first-order valence-electron chi connectivity index (χ1n) is 7.46. The highest BCUT2D eigenvalue weighted by Crippen LogP contribution is 2.32. The molecule has 0 aliphatic heterocycles. The highest BCUT2D eigenvalue weighted by atomic mass is 16.5. The van der Waals surface area contributed by atoms with E-state index < -0.39 is 0 Å². The van der Waals surface area contributed by atoms with Crippen LogP contribution in [0.15, 0.2) is 0 Å². The van der Waals surface area contributed by atoms with Gasteiger partial charge < -0.3 is 10.1 Å². The van der Waals surface area contributed by atoms with Crippen molar-refractivity contribution in [1.82, 2.24) is 5.32 Å². The Hall–Kier alpha value is -0.0800. The van der Waals surface area contributed by atoms with Crippen molar-refractivity contribution in [2.24, 2.45) is 17.8 Å². The summed E-state index contributed by atoms with van der Waals surface area (Å²) >= 11 is 0. The standard InChI is InChI=1S/C15H31NO/c1-13(2)8-10-17-11-9-15(12-16-3)14-6-4-5-7-14/h13-16H,4-12H2,1-3H3. The van der Waals surface area contributed by atoms with E-state index in [9.17, 15) is 0 Å². The molecule has 0 amide bonds. The average molecular weight is 241 g/mol. The monoisotopic (exact) mass is 241 g/mol. The van der Waals surface area contributed by atoms with Crippen molar-refractivity contribution in [1.29, 1.82) is 0 Å². The van der Waals surface area contributed by atoms with E-state index in [-0.39, 0.29) is 0 Å². The van der Waals surface area contributed by atoms with Gasteiger partial charge in [0.25, 0.3) is 0 Å². The normalized spacial score (nSPS) is 19.1. The van der Waals surface area contributed by atoms with Crippen LogP contribution in [0.25, 0.3) is 0 Å². The van der Waals surface area contributed by atoms with Gasteiger partial charge in [0.05, 0.1) is 0 Å². The molecule has 17 heavy (non-hydrogen) atoms. The van der Waals surface area contributed by atoms with Gasteiger partial charge in [0.1, 0.15) is 0 Å². The molecule has 0 saturated heterocycles. The van der Waals surface area contributed by atoms with Gasteiger partial charge in [-0.15, -0.1) is 0 Å². The Balaban J connectivity index is 2.11. The minimum atomic E-state index is 0.762. The summed E-state index contributed by atoms with van der Waals surface area (Å²) in [6, 6.07) is 0. The van der Waals surface area contributed by atoms with E-state index in [1.54, 1.807) is 0 Å². The van der Waals surface area contributed by atoms with Gasteiger partial charge >= 0.3 is 0 Å². The molecular weight excluding hydrogens is 210 g/mol. The summed E-state index contributed by atoms with van der Waals surface area (Å²) in [7, 11) is 2.07. The van der Waals surface area contributed by atoms with Crippen LogP contribution in [-0.4, -0.2) is 26.8 Å². The van der Waals surface area contributed by atoms with Crippen LogP contribution < -0.4 is 5.32 Å². The number of ether oxygens (including phenoxy) is 1. The maximum atomic E-state index is 5.75. The van der Waals surface area contributed by atoms with Gasteiger partial charge in [-0.05, 0) is 44.2 Å². The summed E-state index contributed by atoms with van der Waals surface area (Å²) in [5, 5.41) is 3.35. The summed E-state index contributed by atoms with van der Waals surface area (Å²) in [6.45, 7) is 7.57. The Kier molecular flexibility index (Phi) is 7.87. The molecule has 0 aromatic carbocycles. The van der Waals surface area contributed by atoms with Crippen molar-refractivity contribution in [2.75, 3.05) is 26.8 Å². The fraction of sp³-hybridized carbons (Fsp3) is 1.00. The molecule has 0 spiro atoms. The topological polar surface area (TPSA) is 21.3 Å². The molecule has 1 unspecified atom stereocenters. The number of nitrogens with one attached hydrogen (secondary N) is 1. The van der Waals surface area contributed by atoms with E-state index >= 15 is 0 Å². The molecule has 1 rings (SSSR count). The van der Waals surface area contributed by atoms with Crippen LogP contribution in [-0.2, 0) is 4.74 Å². The molecule has 1 aliphatic rings. The molecule has 1 saturated carbocycles. The molecule has 2 nitrogen and oxygen atoms in total. The van der Waals surface area contributed by atoms with Gasteiger partial charge in [-0.1, -0.05) is 39.5 Å². The maximum absolute atomic E-state index is 5.75. The first-order chi connectivity index (χ1) is 8.24. The second-order valence-electron chi connectivity index (χ2n) is 5.95. The summed E-state index contributed by atoms with van der Waals surface area (Å²) < 4.78 is 5.75. The third kappa shape index (κ3) is 6.42. The molecule has 0 radical (unpaired) electrons. The van der Waals surface area contributed by atoms with Crippen LogP contribution >= 0.6 is 0 Å². The Morgan fingerprint density at radius 3 is 2.35 bits per heavy atom. The fourth-order valence-electron chi connectivity index (χ4n) is 2.85. The fourth-order valence-corrected chi connectivity index (χ4v) is 2.85. The molecule has 1 aliphatic carbocycles. The van der Waals surface area contributed by atoms with Crippen LogP contribution in [0, 0.1) is 17.8 Å². The Labute approximate surface area is 108 Å². The summed E-state index contributed by atoms with van der Waals surface area (Å²) in [5.74, 6) is 2.55. The molecule has 0 aromatic rings. The lowest BCUT2D eigenvalue weighted by Gasteiger charge is -2.23. The van der Waals surface area contributed by atoms with Gasteiger partial charge in [-0.25, -0.2) is 0 Å². The van der Waals surface area contributed by atoms with Crippen LogP contribution in [0.5, 0.6) is 0 Å². The molecule has 0 aromatic heterocycles. The zero-order valence-electron chi connectivity index (χ0n) is 12.0. The zero-order valence-corrected chi connectivity index (χ0v) is 12.0. The van der Waals surface area contributed by atoms with Crippen molar-refractivity contribution < 1.29 is 4.74 Å². The zero-order chi connectivity index (χ0) is 12.5. The van der Waals surface area contributed by atoms with E-state index in [2.05, 4.69) is 26.2 Å². The largest absolute Gasteiger partial charge is 0.381 e. The Bertz CT molecular complexity index is 176. The minimum Gasteiger partial charge on any atom is -0.381 e. The van der Waals surface area contributed by atoms with Gasteiger partial charge in [-0.3, -0.25) is 0 Å². The Morgan fingerprint density at radius 2 is 1.76 bits per heavy atom.